The molecule has 0 radical (unpaired) electrons. The van der Waals surface area contributed by atoms with Crippen molar-refractivity contribution in [3.8, 4) is 0 Å². The molecule has 0 aliphatic carbocycles. The van der Waals surface area contributed by atoms with E-state index in [1.54, 1.807) is 6.20 Å². The summed E-state index contributed by atoms with van der Waals surface area (Å²) >= 11 is 0. The zero-order chi connectivity index (χ0) is 22.9. The van der Waals surface area contributed by atoms with Crippen molar-refractivity contribution < 1.29 is 18.0 Å². The number of amides is 1. The minimum absolute atomic E-state index is 0.0442. The van der Waals surface area contributed by atoms with E-state index in [2.05, 4.69) is 4.98 Å². The van der Waals surface area contributed by atoms with Crippen molar-refractivity contribution in [2.45, 2.75) is 32.1 Å². The Balaban J connectivity index is 1.31. The van der Waals surface area contributed by atoms with E-state index in [0.717, 1.165) is 40.6 Å². The third-order valence-corrected chi connectivity index (χ3v) is 6.46. The molecule has 3 heterocycles. The monoisotopic (exact) mass is 446 g/mol. The number of para-hydroxylation sites is 1. The van der Waals surface area contributed by atoms with Gasteiger partial charge in [0.05, 0.1) is 0 Å². The summed E-state index contributed by atoms with van der Waals surface area (Å²) in [5, 5.41) is 0.956. The molecule has 0 saturated carbocycles. The maximum atomic E-state index is 14.0. The van der Waals surface area contributed by atoms with Crippen molar-refractivity contribution in [1.82, 2.24) is 9.88 Å². The predicted molar refractivity (Wildman–Crippen MR) is 122 cm³/mol. The molecule has 1 atom stereocenters. The van der Waals surface area contributed by atoms with Gasteiger partial charge in [0.2, 0.25) is 0 Å². The first kappa shape index (κ1) is 21.3. The maximum Gasteiger partial charge on any atom is 0.289 e. The van der Waals surface area contributed by atoms with Crippen LogP contribution in [0.5, 0.6) is 0 Å². The second kappa shape index (κ2) is 8.77. The second-order valence-electron chi connectivity index (χ2n) is 8.61. The highest BCUT2D eigenvalue weighted by Gasteiger charge is 2.29. The van der Waals surface area contributed by atoms with Crippen LogP contribution in [0.3, 0.4) is 0 Å². The van der Waals surface area contributed by atoms with Gasteiger partial charge in [-0.2, -0.15) is 0 Å². The quantitative estimate of drug-likeness (QED) is 0.385. The van der Waals surface area contributed by atoms with Crippen molar-refractivity contribution in [2.24, 2.45) is 0 Å². The molecular formula is C27H24F2N2O2. The maximum absolute atomic E-state index is 14.0. The molecule has 1 aliphatic heterocycles. The fourth-order valence-corrected chi connectivity index (χ4v) is 4.61. The Kier molecular flexibility index (Phi) is 5.67. The molecule has 0 bridgehead atoms. The highest BCUT2D eigenvalue weighted by molar-refractivity contribution is 5.99. The third kappa shape index (κ3) is 4.13. The number of hydrogen-bond acceptors (Lipinski definition) is 3. The molecule has 2 aromatic carbocycles. The zero-order valence-electron chi connectivity index (χ0n) is 18.4. The molecule has 2 aromatic heterocycles. The highest BCUT2D eigenvalue weighted by atomic mass is 19.1. The van der Waals surface area contributed by atoms with Gasteiger partial charge in [-0.05, 0) is 49.6 Å². The number of piperidine rings is 1. The number of carbonyl (C=O) groups is 1. The van der Waals surface area contributed by atoms with Crippen LogP contribution in [0.2, 0.25) is 0 Å². The number of benzene rings is 2. The molecule has 1 amide bonds. The van der Waals surface area contributed by atoms with Crippen molar-refractivity contribution in [2.75, 3.05) is 13.1 Å². The standard InChI is InChI=1S/C27H24F2N2O2/c1-17-20-7-2-3-10-25(20)33-26(17)27(32)31-13-5-6-19(16-31)24-12-11-18(15-30-24)14-21-22(28)8-4-9-23(21)29/h2-4,7-12,15,19H,5-6,13-14,16H2,1H3/t19-/m1/s1. The number of pyridine rings is 1. The summed E-state index contributed by atoms with van der Waals surface area (Å²) in [6.07, 6.45) is 3.62. The Hall–Kier alpha value is -3.54. The van der Waals surface area contributed by atoms with Gasteiger partial charge < -0.3 is 9.32 Å². The van der Waals surface area contributed by atoms with Crippen LogP contribution in [0.1, 0.15) is 51.7 Å². The Bertz CT molecular complexity index is 1290. The molecule has 33 heavy (non-hydrogen) atoms. The number of rotatable bonds is 4. The van der Waals surface area contributed by atoms with Gasteiger partial charge in [-0.25, -0.2) is 8.78 Å². The van der Waals surface area contributed by atoms with Crippen LogP contribution in [0, 0.1) is 18.6 Å². The number of hydrogen-bond donors (Lipinski definition) is 0. The van der Waals surface area contributed by atoms with Gasteiger partial charge in [-0.1, -0.05) is 30.3 Å². The van der Waals surface area contributed by atoms with Gasteiger partial charge in [0.15, 0.2) is 5.76 Å². The number of carbonyl (C=O) groups excluding carboxylic acids is 1. The van der Waals surface area contributed by atoms with E-state index in [9.17, 15) is 13.6 Å². The summed E-state index contributed by atoms with van der Waals surface area (Å²) in [7, 11) is 0. The molecular weight excluding hydrogens is 422 g/mol. The Morgan fingerprint density at radius 1 is 1.09 bits per heavy atom. The van der Waals surface area contributed by atoms with E-state index >= 15 is 0 Å². The van der Waals surface area contributed by atoms with Crippen LogP contribution in [0.25, 0.3) is 11.0 Å². The Morgan fingerprint density at radius 3 is 2.61 bits per heavy atom. The van der Waals surface area contributed by atoms with Crippen molar-refractivity contribution in [3.05, 3.63) is 101 Å². The molecule has 1 aliphatic rings. The summed E-state index contributed by atoms with van der Waals surface area (Å²) < 4.78 is 33.8. The molecule has 0 N–H and O–H groups in total. The van der Waals surface area contributed by atoms with E-state index in [1.165, 1.54) is 18.2 Å². The number of furan rings is 1. The Morgan fingerprint density at radius 2 is 1.88 bits per heavy atom. The molecule has 168 valence electrons. The predicted octanol–water partition coefficient (Wildman–Crippen LogP) is 6.03. The molecule has 1 saturated heterocycles. The van der Waals surface area contributed by atoms with Gasteiger partial charge >= 0.3 is 0 Å². The van der Waals surface area contributed by atoms with E-state index in [0.29, 0.717) is 18.8 Å². The molecule has 1 fully saturated rings. The van der Waals surface area contributed by atoms with Crippen molar-refractivity contribution in [1.29, 1.82) is 0 Å². The molecule has 6 heteroatoms. The highest BCUT2D eigenvalue weighted by Crippen LogP contribution is 2.30. The Labute approximate surface area is 190 Å². The van der Waals surface area contributed by atoms with E-state index < -0.39 is 11.6 Å². The second-order valence-corrected chi connectivity index (χ2v) is 8.61. The van der Waals surface area contributed by atoms with Gasteiger partial charge in [0.1, 0.15) is 17.2 Å². The number of aromatic nitrogens is 1. The number of fused-ring (bicyclic) bond motifs is 1. The van der Waals surface area contributed by atoms with Crippen LogP contribution in [-0.4, -0.2) is 28.9 Å². The van der Waals surface area contributed by atoms with Crippen LogP contribution in [-0.2, 0) is 6.42 Å². The molecule has 0 unspecified atom stereocenters. The van der Waals surface area contributed by atoms with Gasteiger partial charge in [-0.15, -0.1) is 0 Å². The number of nitrogens with zero attached hydrogens (tertiary/aromatic N) is 2. The summed E-state index contributed by atoms with van der Waals surface area (Å²) in [6, 6.07) is 15.3. The van der Waals surface area contributed by atoms with Crippen molar-refractivity contribution >= 4 is 16.9 Å². The average molecular weight is 446 g/mol. The third-order valence-electron chi connectivity index (χ3n) is 6.46. The van der Waals surface area contributed by atoms with Crippen molar-refractivity contribution in [3.63, 3.8) is 0 Å². The lowest BCUT2D eigenvalue weighted by atomic mass is 9.93. The number of aryl methyl sites for hydroxylation is 1. The van der Waals surface area contributed by atoms with E-state index in [4.69, 9.17) is 4.42 Å². The smallest absolute Gasteiger partial charge is 0.289 e. The minimum atomic E-state index is -0.554. The first-order chi connectivity index (χ1) is 16.0. The lowest BCUT2D eigenvalue weighted by Gasteiger charge is -2.32. The van der Waals surface area contributed by atoms with Crippen LogP contribution < -0.4 is 0 Å². The van der Waals surface area contributed by atoms with Gasteiger partial charge in [0.25, 0.3) is 5.91 Å². The largest absolute Gasteiger partial charge is 0.451 e. The molecule has 0 spiro atoms. The van der Waals surface area contributed by atoms with Gasteiger partial charge in [-0.3, -0.25) is 9.78 Å². The molecule has 4 aromatic rings. The zero-order valence-corrected chi connectivity index (χ0v) is 18.4. The fraction of sp³-hybridized carbons (Fsp3) is 0.259. The minimum Gasteiger partial charge on any atom is -0.451 e. The van der Waals surface area contributed by atoms with E-state index in [1.807, 2.05) is 48.2 Å². The number of likely N-dealkylation sites (tertiary alicyclic amines) is 1. The van der Waals surface area contributed by atoms with E-state index in [-0.39, 0.29) is 23.8 Å². The first-order valence-electron chi connectivity index (χ1n) is 11.2. The summed E-state index contributed by atoms with van der Waals surface area (Å²) in [6.45, 7) is 3.15. The summed E-state index contributed by atoms with van der Waals surface area (Å²) in [5.41, 5.74) is 3.25. The molecule has 5 rings (SSSR count). The lowest BCUT2D eigenvalue weighted by molar-refractivity contribution is 0.0675. The summed E-state index contributed by atoms with van der Waals surface area (Å²) in [4.78, 5) is 19.6. The SMILES string of the molecule is Cc1c(C(=O)N2CCC[C@@H](c3ccc(Cc4c(F)cccc4F)cn3)C2)oc2ccccc12. The van der Waals surface area contributed by atoms with Crippen LogP contribution in [0.15, 0.2) is 65.2 Å². The van der Waals surface area contributed by atoms with Gasteiger partial charge in [0, 0.05) is 53.8 Å². The molecule has 4 nitrogen and oxygen atoms in total. The van der Waals surface area contributed by atoms with Crippen LogP contribution >= 0.6 is 0 Å². The fourth-order valence-electron chi connectivity index (χ4n) is 4.61. The number of halogens is 2. The normalized spacial score (nSPS) is 16.3. The summed E-state index contributed by atoms with van der Waals surface area (Å²) in [5.74, 6) is -0.707. The first-order valence-corrected chi connectivity index (χ1v) is 11.2. The van der Waals surface area contributed by atoms with Crippen LogP contribution in [0.4, 0.5) is 8.78 Å². The topological polar surface area (TPSA) is 46.3 Å². The average Bonchev–Trinajstić information content (AvgIpc) is 3.18. The lowest BCUT2D eigenvalue weighted by Crippen LogP contribution is -2.39.